The zero-order chi connectivity index (χ0) is 14.8. The van der Waals surface area contributed by atoms with Gasteiger partial charge < -0.3 is 5.32 Å². The van der Waals surface area contributed by atoms with Gasteiger partial charge in [0.05, 0.1) is 4.90 Å². The predicted molar refractivity (Wildman–Crippen MR) is 77.8 cm³/mol. The Balaban J connectivity index is 2.01. The molecule has 2 rings (SSSR count). The molecule has 0 radical (unpaired) electrons. The molecule has 1 aliphatic rings. The molecule has 2 N–H and O–H groups in total. The van der Waals surface area contributed by atoms with Crippen LogP contribution in [0.5, 0.6) is 0 Å². The second-order valence-electron chi connectivity index (χ2n) is 5.53. The first kappa shape index (κ1) is 15.0. The van der Waals surface area contributed by atoms with Crippen LogP contribution in [-0.4, -0.2) is 20.9 Å². The predicted octanol–water partition coefficient (Wildman–Crippen LogP) is 1.97. The Bertz CT molecular complexity index is 575. The fraction of sp³-hybridized carbons (Fsp3) is 0.500. The van der Waals surface area contributed by atoms with Crippen LogP contribution < -0.4 is 10.0 Å². The van der Waals surface area contributed by atoms with E-state index >= 15 is 0 Å². The molecule has 0 heterocycles. The Morgan fingerprint density at radius 1 is 1.25 bits per heavy atom. The SMILES string of the molecule is CC(C)CNS(=O)(=O)c1ccc(NC(=O)C2CC2)cc1. The molecule has 20 heavy (non-hydrogen) atoms. The minimum Gasteiger partial charge on any atom is -0.326 e. The van der Waals surface area contributed by atoms with Gasteiger partial charge in [0.1, 0.15) is 0 Å². The van der Waals surface area contributed by atoms with Crippen molar-refractivity contribution < 1.29 is 13.2 Å². The van der Waals surface area contributed by atoms with Crippen molar-refractivity contribution in [2.75, 3.05) is 11.9 Å². The number of carbonyl (C=O) groups is 1. The number of sulfonamides is 1. The van der Waals surface area contributed by atoms with Crippen LogP contribution in [-0.2, 0) is 14.8 Å². The molecule has 0 spiro atoms. The first-order valence-corrected chi connectivity index (χ1v) is 8.27. The van der Waals surface area contributed by atoms with Gasteiger partial charge in [0, 0.05) is 18.2 Å². The highest BCUT2D eigenvalue weighted by Crippen LogP contribution is 2.30. The van der Waals surface area contributed by atoms with E-state index in [1.54, 1.807) is 12.1 Å². The van der Waals surface area contributed by atoms with Gasteiger partial charge in [-0.2, -0.15) is 0 Å². The number of benzene rings is 1. The van der Waals surface area contributed by atoms with Gasteiger partial charge in [0.15, 0.2) is 0 Å². The van der Waals surface area contributed by atoms with E-state index in [2.05, 4.69) is 10.0 Å². The third kappa shape index (κ3) is 4.05. The smallest absolute Gasteiger partial charge is 0.240 e. The van der Waals surface area contributed by atoms with E-state index in [1.807, 2.05) is 13.8 Å². The summed E-state index contributed by atoms with van der Waals surface area (Å²) >= 11 is 0. The van der Waals surface area contributed by atoms with Crippen LogP contribution in [0.25, 0.3) is 0 Å². The fourth-order valence-electron chi connectivity index (χ4n) is 1.67. The highest BCUT2D eigenvalue weighted by Gasteiger charge is 2.29. The number of anilines is 1. The average Bonchev–Trinajstić information content (AvgIpc) is 3.21. The Kier molecular flexibility index (Phi) is 4.45. The van der Waals surface area contributed by atoms with Gasteiger partial charge in [-0.1, -0.05) is 13.8 Å². The van der Waals surface area contributed by atoms with Crippen LogP contribution in [0.2, 0.25) is 0 Å². The van der Waals surface area contributed by atoms with Crippen molar-refractivity contribution in [3.05, 3.63) is 24.3 Å². The number of hydrogen-bond acceptors (Lipinski definition) is 3. The monoisotopic (exact) mass is 296 g/mol. The molecule has 5 nitrogen and oxygen atoms in total. The van der Waals surface area contributed by atoms with Crippen LogP contribution in [0.1, 0.15) is 26.7 Å². The van der Waals surface area contributed by atoms with Crippen molar-refractivity contribution in [2.45, 2.75) is 31.6 Å². The lowest BCUT2D eigenvalue weighted by atomic mass is 10.2. The van der Waals surface area contributed by atoms with Gasteiger partial charge >= 0.3 is 0 Å². The molecule has 110 valence electrons. The lowest BCUT2D eigenvalue weighted by Gasteiger charge is -2.10. The molecule has 1 aromatic rings. The van der Waals surface area contributed by atoms with Crippen molar-refractivity contribution in [3.63, 3.8) is 0 Å². The normalized spacial score (nSPS) is 15.3. The molecule has 0 atom stereocenters. The Morgan fingerprint density at radius 3 is 2.35 bits per heavy atom. The number of rotatable bonds is 6. The molecule has 1 aromatic carbocycles. The second-order valence-corrected chi connectivity index (χ2v) is 7.30. The molecule has 1 fully saturated rings. The summed E-state index contributed by atoms with van der Waals surface area (Å²) in [5, 5.41) is 2.78. The van der Waals surface area contributed by atoms with Crippen molar-refractivity contribution in [1.82, 2.24) is 4.72 Å². The molecular weight excluding hydrogens is 276 g/mol. The zero-order valence-corrected chi connectivity index (χ0v) is 12.5. The maximum atomic E-state index is 12.0. The van der Waals surface area contributed by atoms with Crippen LogP contribution in [0.4, 0.5) is 5.69 Å². The summed E-state index contributed by atoms with van der Waals surface area (Å²) in [5.74, 6) is 0.395. The summed E-state index contributed by atoms with van der Waals surface area (Å²) in [6, 6.07) is 6.24. The first-order chi connectivity index (χ1) is 9.38. The summed E-state index contributed by atoms with van der Waals surface area (Å²) < 4.78 is 26.5. The van der Waals surface area contributed by atoms with Gasteiger partial charge in [0.25, 0.3) is 0 Å². The summed E-state index contributed by atoms with van der Waals surface area (Å²) in [6.07, 6.45) is 1.88. The van der Waals surface area contributed by atoms with E-state index in [1.165, 1.54) is 12.1 Å². The zero-order valence-electron chi connectivity index (χ0n) is 11.7. The van der Waals surface area contributed by atoms with E-state index in [4.69, 9.17) is 0 Å². The Labute approximate surface area is 119 Å². The maximum absolute atomic E-state index is 12.0. The van der Waals surface area contributed by atoms with Crippen molar-refractivity contribution in [3.8, 4) is 0 Å². The highest BCUT2D eigenvalue weighted by atomic mass is 32.2. The second kappa shape index (κ2) is 5.93. The summed E-state index contributed by atoms with van der Waals surface area (Å²) in [5.41, 5.74) is 0.629. The number of amides is 1. The topological polar surface area (TPSA) is 75.3 Å². The van der Waals surface area contributed by atoms with Gasteiger partial charge in [-0.25, -0.2) is 13.1 Å². The summed E-state index contributed by atoms with van der Waals surface area (Å²) in [4.78, 5) is 11.8. The molecule has 6 heteroatoms. The van der Waals surface area contributed by atoms with E-state index in [9.17, 15) is 13.2 Å². The van der Waals surface area contributed by atoms with Gasteiger partial charge in [-0.05, 0) is 43.0 Å². The molecular formula is C14H20N2O3S. The molecule has 1 amide bonds. The van der Waals surface area contributed by atoms with E-state index in [-0.39, 0.29) is 22.6 Å². The van der Waals surface area contributed by atoms with Crippen LogP contribution in [0.3, 0.4) is 0 Å². The lowest BCUT2D eigenvalue weighted by molar-refractivity contribution is -0.117. The largest absolute Gasteiger partial charge is 0.326 e. The summed E-state index contributed by atoms with van der Waals surface area (Å²) in [6.45, 7) is 4.29. The molecule has 0 aliphatic heterocycles. The minimum atomic E-state index is -3.47. The third-order valence-corrected chi connectivity index (χ3v) is 4.50. The Hall–Kier alpha value is -1.40. The molecule has 1 saturated carbocycles. The molecule has 1 aliphatic carbocycles. The van der Waals surface area contributed by atoms with Crippen LogP contribution >= 0.6 is 0 Å². The van der Waals surface area contributed by atoms with Gasteiger partial charge in [-0.3, -0.25) is 4.79 Å². The van der Waals surface area contributed by atoms with Gasteiger partial charge in [-0.15, -0.1) is 0 Å². The first-order valence-electron chi connectivity index (χ1n) is 6.79. The molecule has 0 saturated heterocycles. The van der Waals surface area contributed by atoms with Crippen LogP contribution in [0, 0.1) is 11.8 Å². The Morgan fingerprint density at radius 2 is 1.85 bits per heavy atom. The number of hydrogen-bond donors (Lipinski definition) is 2. The number of nitrogens with one attached hydrogen (secondary N) is 2. The summed E-state index contributed by atoms with van der Waals surface area (Å²) in [7, 11) is -3.47. The molecule has 0 unspecified atom stereocenters. The quantitative estimate of drug-likeness (QED) is 0.842. The maximum Gasteiger partial charge on any atom is 0.240 e. The third-order valence-electron chi connectivity index (χ3n) is 3.06. The molecule has 0 aromatic heterocycles. The number of carbonyl (C=O) groups excluding carboxylic acids is 1. The standard InChI is InChI=1S/C14H20N2O3S/c1-10(2)9-15-20(18,19)13-7-5-12(6-8-13)16-14(17)11-3-4-11/h5-8,10-11,15H,3-4,9H2,1-2H3,(H,16,17). The molecule has 0 bridgehead atoms. The minimum absolute atomic E-state index is 0.0125. The van der Waals surface area contributed by atoms with Gasteiger partial charge in [0.2, 0.25) is 15.9 Å². The fourth-order valence-corrected chi connectivity index (χ4v) is 2.88. The highest BCUT2D eigenvalue weighted by molar-refractivity contribution is 7.89. The van der Waals surface area contributed by atoms with E-state index < -0.39 is 10.0 Å². The van der Waals surface area contributed by atoms with Crippen molar-refractivity contribution in [2.24, 2.45) is 11.8 Å². The van der Waals surface area contributed by atoms with E-state index in [0.29, 0.717) is 12.2 Å². The van der Waals surface area contributed by atoms with Crippen LogP contribution in [0.15, 0.2) is 29.2 Å². The van der Waals surface area contributed by atoms with Crippen molar-refractivity contribution >= 4 is 21.6 Å². The van der Waals surface area contributed by atoms with E-state index in [0.717, 1.165) is 12.8 Å². The van der Waals surface area contributed by atoms with Crippen molar-refractivity contribution in [1.29, 1.82) is 0 Å². The average molecular weight is 296 g/mol. The lowest BCUT2D eigenvalue weighted by Crippen LogP contribution is -2.27.